The van der Waals surface area contributed by atoms with Gasteiger partial charge in [-0.15, -0.1) is 0 Å². The molecule has 0 fully saturated rings. The Labute approximate surface area is 122 Å². The second kappa shape index (κ2) is 5.79. The van der Waals surface area contributed by atoms with Crippen LogP contribution in [0.4, 0.5) is 15.8 Å². The number of anilines is 2. The van der Waals surface area contributed by atoms with Crippen LogP contribution < -0.4 is 10.1 Å². The number of ether oxygens (including phenoxy) is 1. The Morgan fingerprint density at radius 2 is 2.05 bits per heavy atom. The maximum Gasteiger partial charge on any atom is 0.125 e. The highest BCUT2D eigenvalue weighted by Crippen LogP contribution is 2.28. The van der Waals surface area contributed by atoms with E-state index in [0.717, 1.165) is 22.3 Å². The molecule has 0 radical (unpaired) electrons. The average molecular weight is 282 g/mol. The summed E-state index contributed by atoms with van der Waals surface area (Å²) in [5.41, 5.74) is 2.42. The van der Waals surface area contributed by atoms with E-state index in [1.165, 1.54) is 12.1 Å². The second-order valence-electron chi connectivity index (χ2n) is 4.61. The van der Waals surface area contributed by atoms with Crippen LogP contribution in [0, 0.1) is 5.82 Å². The molecule has 0 aliphatic carbocycles. The van der Waals surface area contributed by atoms with Crippen LogP contribution in [0.3, 0.4) is 0 Å². The molecule has 1 N–H and O–H groups in total. The molecule has 106 valence electrons. The van der Waals surface area contributed by atoms with Crippen molar-refractivity contribution in [3.63, 3.8) is 0 Å². The number of pyridine rings is 1. The van der Waals surface area contributed by atoms with E-state index in [1.807, 2.05) is 37.3 Å². The smallest absolute Gasteiger partial charge is 0.125 e. The van der Waals surface area contributed by atoms with Gasteiger partial charge in [-0.2, -0.15) is 0 Å². The number of nitrogens with one attached hydrogen (secondary N) is 1. The number of fused-ring (bicyclic) bond motifs is 1. The Bertz CT molecular complexity index is 774. The van der Waals surface area contributed by atoms with Crippen molar-refractivity contribution in [3.8, 4) is 5.75 Å². The molecule has 0 aliphatic rings. The van der Waals surface area contributed by atoms with Crippen LogP contribution in [0.5, 0.6) is 5.75 Å². The Kier molecular flexibility index (Phi) is 3.69. The first-order valence-electron chi connectivity index (χ1n) is 6.80. The highest BCUT2D eigenvalue weighted by Gasteiger charge is 2.04. The molecule has 21 heavy (non-hydrogen) atoms. The molecular formula is C17H15FN2O. The molecule has 3 aromatic rings. The molecule has 0 atom stereocenters. The number of halogens is 1. The summed E-state index contributed by atoms with van der Waals surface area (Å²) in [6, 6.07) is 14.0. The van der Waals surface area contributed by atoms with Crippen molar-refractivity contribution in [2.24, 2.45) is 0 Å². The third-order valence-corrected chi connectivity index (χ3v) is 3.13. The third-order valence-electron chi connectivity index (χ3n) is 3.13. The second-order valence-corrected chi connectivity index (χ2v) is 4.61. The molecule has 0 saturated carbocycles. The van der Waals surface area contributed by atoms with E-state index >= 15 is 0 Å². The molecule has 3 nitrogen and oxygen atoms in total. The van der Waals surface area contributed by atoms with Gasteiger partial charge in [0, 0.05) is 29.0 Å². The monoisotopic (exact) mass is 282 g/mol. The molecule has 4 heteroatoms. The van der Waals surface area contributed by atoms with Gasteiger partial charge in [0.15, 0.2) is 0 Å². The number of hydrogen-bond donors (Lipinski definition) is 1. The predicted molar refractivity (Wildman–Crippen MR) is 82.6 cm³/mol. The Hall–Kier alpha value is -2.62. The minimum atomic E-state index is -0.267. The summed E-state index contributed by atoms with van der Waals surface area (Å²) in [6.07, 6.45) is 1.72. The van der Waals surface area contributed by atoms with Crippen LogP contribution in [0.1, 0.15) is 6.92 Å². The Balaban J connectivity index is 1.99. The lowest BCUT2D eigenvalue weighted by molar-refractivity contribution is 0.340. The maximum absolute atomic E-state index is 13.3. The summed E-state index contributed by atoms with van der Waals surface area (Å²) >= 11 is 0. The van der Waals surface area contributed by atoms with E-state index in [4.69, 9.17) is 4.74 Å². The summed E-state index contributed by atoms with van der Waals surface area (Å²) in [5.74, 6) is 0.525. The fraction of sp³-hybridized carbons (Fsp3) is 0.118. The lowest BCUT2D eigenvalue weighted by Gasteiger charge is -2.10. The van der Waals surface area contributed by atoms with Gasteiger partial charge in [-0.25, -0.2) is 4.39 Å². The number of benzene rings is 2. The molecule has 0 aliphatic heterocycles. The van der Waals surface area contributed by atoms with Crippen molar-refractivity contribution in [1.29, 1.82) is 0 Å². The number of rotatable bonds is 4. The first-order chi connectivity index (χ1) is 10.3. The maximum atomic E-state index is 13.3. The van der Waals surface area contributed by atoms with Crippen molar-refractivity contribution < 1.29 is 9.13 Å². The zero-order valence-corrected chi connectivity index (χ0v) is 11.6. The van der Waals surface area contributed by atoms with E-state index in [0.29, 0.717) is 12.3 Å². The van der Waals surface area contributed by atoms with Crippen LogP contribution in [0.25, 0.3) is 10.9 Å². The molecule has 1 aromatic heterocycles. The summed E-state index contributed by atoms with van der Waals surface area (Å²) in [4.78, 5) is 4.35. The van der Waals surface area contributed by atoms with Gasteiger partial charge in [0.05, 0.1) is 12.1 Å². The SMILES string of the molecule is CCOc1ccc2c(Nc3cccc(F)c3)ccnc2c1. The Morgan fingerprint density at radius 3 is 2.86 bits per heavy atom. The Morgan fingerprint density at radius 1 is 1.14 bits per heavy atom. The molecule has 0 spiro atoms. The molecule has 3 rings (SSSR count). The fourth-order valence-electron chi connectivity index (χ4n) is 2.22. The van der Waals surface area contributed by atoms with Gasteiger partial charge in [0.25, 0.3) is 0 Å². The highest BCUT2D eigenvalue weighted by molar-refractivity contribution is 5.93. The zero-order valence-electron chi connectivity index (χ0n) is 11.6. The van der Waals surface area contributed by atoms with Crippen molar-refractivity contribution in [2.45, 2.75) is 6.92 Å². The van der Waals surface area contributed by atoms with E-state index in [2.05, 4.69) is 10.3 Å². The van der Waals surface area contributed by atoms with Crippen molar-refractivity contribution in [3.05, 3.63) is 60.5 Å². The molecule has 0 saturated heterocycles. The summed E-state index contributed by atoms with van der Waals surface area (Å²) < 4.78 is 18.7. The van der Waals surface area contributed by atoms with Crippen molar-refractivity contribution in [1.82, 2.24) is 4.98 Å². The topological polar surface area (TPSA) is 34.1 Å². The van der Waals surface area contributed by atoms with E-state index < -0.39 is 0 Å². The fourth-order valence-corrected chi connectivity index (χ4v) is 2.22. The lowest BCUT2D eigenvalue weighted by atomic mass is 10.1. The van der Waals surface area contributed by atoms with E-state index in [9.17, 15) is 4.39 Å². The van der Waals surface area contributed by atoms with Crippen LogP contribution in [0.15, 0.2) is 54.7 Å². The van der Waals surface area contributed by atoms with Gasteiger partial charge in [-0.05, 0) is 43.3 Å². The van der Waals surface area contributed by atoms with Gasteiger partial charge in [0.2, 0.25) is 0 Å². The normalized spacial score (nSPS) is 10.6. The zero-order chi connectivity index (χ0) is 14.7. The van der Waals surface area contributed by atoms with Gasteiger partial charge in [-0.1, -0.05) is 6.07 Å². The van der Waals surface area contributed by atoms with Crippen LogP contribution >= 0.6 is 0 Å². The largest absolute Gasteiger partial charge is 0.494 e. The lowest BCUT2D eigenvalue weighted by Crippen LogP contribution is -1.95. The van der Waals surface area contributed by atoms with Crippen LogP contribution in [-0.2, 0) is 0 Å². The average Bonchev–Trinajstić information content (AvgIpc) is 2.48. The first-order valence-corrected chi connectivity index (χ1v) is 6.80. The standard InChI is InChI=1S/C17H15FN2O/c1-2-21-14-6-7-15-16(8-9-19-17(15)11-14)20-13-5-3-4-12(18)10-13/h3-11H,2H2,1H3,(H,19,20). The van der Waals surface area contributed by atoms with Crippen molar-refractivity contribution >= 4 is 22.3 Å². The third kappa shape index (κ3) is 2.94. The minimum Gasteiger partial charge on any atom is -0.494 e. The summed E-state index contributed by atoms with van der Waals surface area (Å²) in [6.45, 7) is 2.56. The van der Waals surface area contributed by atoms with Gasteiger partial charge >= 0.3 is 0 Å². The molecule has 0 bridgehead atoms. The molecule has 0 unspecified atom stereocenters. The van der Waals surface area contributed by atoms with Crippen LogP contribution in [-0.4, -0.2) is 11.6 Å². The molecule has 0 amide bonds. The number of aromatic nitrogens is 1. The van der Waals surface area contributed by atoms with Gasteiger partial charge in [0.1, 0.15) is 11.6 Å². The van der Waals surface area contributed by atoms with E-state index in [1.54, 1.807) is 12.3 Å². The summed E-state index contributed by atoms with van der Waals surface area (Å²) in [7, 11) is 0. The van der Waals surface area contributed by atoms with Crippen molar-refractivity contribution in [2.75, 3.05) is 11.9 Å². The summed E-state index contributed by atoms with van der Waals surface area (Å²) in [5, 5.41) is 4.18. The number of hydrogen-bond acceptors (Lipinski definition) is 3. The van der Waals surface area contributed by atoms with Gasteiger partial charge < -0.3 is 10.1 Å². The highest BCUT2D eigenvalue weighted by atomic mass is 19.1. The molecule has 2 aromatic carbocycles. The van der Waals surface area contributed by atoms with Crippen LogP contribution in [0.2, 0.25) is 0 Å². The van der Waals surface area contributed by atoms with Gasteiger partial charge in [-0.3, -0.25) is 4.98 Å². The number of nitrogens with zero attached hydrogens (tertiary/aromatic N) is 1. The molecule has 1 heterocycles. The molecular weight excluding hydrogens is 267 g/mol. The first kappa shape index (κ1) is 13.4. The predicted octanol–water partition coefficient (Wildman–Crippen LogP) is 4.52. The quantitative estimate of drug-likeness (QED) is 0.764. The van der Waals surface area contributed by atoms with E-state index in [-0.39, 0.29) is 5.82 Å². The minimum absolute atomic E-state index is 0.267.